The number of carbonyl (C=O) groups excluding carboxylic acids is 2. The number of hydrogen-bond donors (Lipinski definition) is 2. The predicted octanol–water partition coefficient (Wildman–Crippen LogP) is 4.74. The number of hydrogen-bond acceptors (Lipinski definition) is 4. The molecule has 5 nitrogen and oxygen atoms in total. The molecule has 0 aliphatic heterocycles. The fraction of sp³-hybridized carbons (Fsp3) is 0.105. The van der Waals surface area contributed by atoms with Gasteiger partial charge in [-0.1, -0.05) is 23.7 Å². The Hall–Kier alpha value is -2.77. The number of thiazole rings is 1. The molecule has 0 saturated carbocycles. The summed E-state index contributed by atoms with van der Waals surface area (Å²) in [6.07, 6.45) is 0.0733. The van der Waals surface area contributed by atoms with Crippen LogP contribution in [-0.2, 0) is 16.0 Å². The summed E-state index contributed by atoms with van der Waals surface area (Å²) in [5.74, 6) is -1.26. The lowest BCUT2D eigenvalue weighted by Gasteiger charge is -2.08. The Morgan fingerprint density at radius 3 is 2.74 bits per heavy atom. The lowest BCUT2D eigenvalue weighted by Crippen LogP contribution is -2.15. The van der Waals surface area contributed by atoms with Gasteiger partial charge in [-0.15, -0.1) is 11.3 Å². The molecule has 1 heterocycles. The standard InChI is InChI=1S/C19H15ClFN3O2S/c1-11(25)22-17-8-14(5-6-16(17)21)23-18(26)9-15-10-27-19(24-15)12-3-2-4-13(20)7-12/h2-8,10H,9H2,1H3,(H,22,25)(H,23,26). The van der Waals surface area contributed by atoms with Crippen molar-refractivity contribution in [2.75, 3.05) is 10.6 Å². The summed E-state index contributed by atoms with van der Waals surface area (Å²) in [4.78, 5) is 27.8. The molecule has 3 rings (SSSR count). The maximum absolute atomic E-state index is 13.7. The molecular weight excluding hydrogens is 389 g/mol. The summed E-state index contributed by atoms with van der Waals surface area (Å²) in [5, 5.41) is 8.25. The number of aromatic nitrogens is 1. The summed E-state index contributed by atoms with van der Waals surface area (Å²) >= 11 is 7.42. The lowest BCUT2D eigenvalue weighted by atomic mass is 10.2. The maximum Gasteiger partial charge on any atom is 0.230 e. The molecule has 0 aliphatic carbocycles. The molecule has 2 N–H and O–H groups in total. The molecule has 2 aromatic carbocycles. The number of carbonyl (C=O) groups is 2. The van der Waals surface area contributed by atoms with Gasteiger partial charge in [0.1, 0.15) is 10.8 Å². The Morgan fingerprint density at radius 2 is 2.00 bits per heavy atom. The Morgan fingerprint density at radius 1 is 1.19 bits per heavy atom. The van der Waals surface area contributed by atoms with Crippen LogP contribution >= 0.6 is 22.9 Å². The van der Waals surface area contributed by atoms with E-state index in [1.165, 1.54) is 36.5 Å². The second-order valence-corrected chi connectivity index (χ2v) is 7.05. The van der Waals surface area contributed by atoms with Crippen molar-refractivity contribution in [1.29, 1.82) is 0 Å². The zero-order chi connectivity index (χ0) is 19.4. The van der Waals surface area contributed by atoms with Crippen LogP contribution in [0.2, 0.25) is 5.02 Å². The van der Waals surface area contributed by atoms with Crippen LogP contribution < -0.4 is 10.6 Å². The molecule has 0 unspecified atom stereocenters. The van der Waals surface area contributed by atoms with Crippen LogP contribution in [0, 0.1) is 5.82 Å². The smallest absolute Gasteiger partial charge is 0.230 e. The summed E-state index contributed by atoms with van der Waals surface area (Å²) in [7, 11) is 0. The Kier molecular flexibility index (Phi) is 5.83. The highest BCUT2D eigenvalue weighted by Crippen LogP contribution is 2.26. The van der Waals surface area contributed by atoms with E-state index in [9.17, 15) is 14.0 Å². The first kappa shape index (κ1) is 19.0. The van der Waals surface area contributed by atoms with Gasteiger partial charge in [-0.05, 0) is 30.3 Å². The summed E-state index contributed by atoms with van der Waals surface area (Å²) in [5.41, 5.74) is 1.90. The van der Waals surface area contributed by atoms with Gasteiger partial charge in [0.2, 0.25) is 11.8 Å². The zero-order valence-corrected chi connectivity index (χ0v) is 15.8. The summed E-state index contributed by atoms with van der Waals surface area (Å²) in [6.45, 7) is 1.28. The third-order valence-corrected chi connectivity index (χ3v) is 4.70. The quantitative estimate of drug-likeness (QED) is 0.646. The van der Waals surface area contributed by atoms with Gasteiger partial charge in [0.05, 0.1) is 17.8 Å². The van der Waals surface area contributed by atoms with Gasteiger partial charge < -0.3 is 10.6 Å². The molecule has 0 radical (unpaired) electrons. The van der Waals surface area contributed by atoms with E-state index in [0.717, 1.165) is 10.6 Å². The number of nitrogens with one attached hydrogen (secondary N) is 2. The van der Waals surface area contributed by atoms with Crippen molar-refractivity contribution in [2.24, 2.45) is 0 Å². The van der Waals surface area contributed by atoms with E-state index in [4.69, 9.17) is 11.6 Å². The molecule has 0 saturated heterocycles. The minimum atomic E-state index is -0.575. The molecule has 3 aromatic rings. The van der Waals surface area contributed by atoms with Crippen LogP contribution in [0.25, 0.3) is 10.6 Å². The normalized spacial score (nSPS) is 10.5. The predicted molar refractivity (Wildman–Crippen MR) is 106 cm³/mol. The summed E-state index contributed by atoms with van der Waals surface area (Å²) in [6, 6.07) is 11.3. The van der Waals surface area contributed by atoms with Crippen molar-refractivity contribution in [2.45, 2.75) is 13.3 Å². The Bertz CT molecular complexity index is 1010. The van der Waals surface area contributed by atoms with Crippen LogP contribution in [0.4, 0.5) is 15.8 Å². The third kappa shape index (κ3) is 5.12. The zero-order valence-electron chi connectivity index (χ0n) is 14.3. The number of nitrogens with zero attached hydrogens (tertiary/aromatic N) is 1. The van der Waals surface area contributed by atoms with E-state index in [-0.39, 0.29) is 18.0 Å². The van der Waals surface area contributed by atoms with Gasteiger partial charge in [-0.2, -0.15) is 0 Å². The van der Waals surface area contributed by atoms with Gasteiger partial charge in [0.25, 0.3) is 0 Å². The first-order chi connectivity index (χ1) is 12.9. The van der Waals surface area contributed by atoms with E-state index in [0.29, 0.717) is 16.4 Å². The maximum atomic E-state index is 13.7. The molecule has 0 fully saturated rings. The van der Waals surface area contributed by atoms with Gasteiger partial charge in [0.15, 0.2) is 0 Å². The van der Waals surface area contributed by atoms with Crippen molar-refractivity contribution < 1.29 is 14.0 Å². The Balaban J connectivity index is 1.67. The molecule has 138 valence electrons. The number of benzene rings is 2. The third-order valence-electron chi connectivity index (χ3n) is 3.53. The molecular formula is C19H15ClFN3O2S. The van der Waals surface area contributed by atoms with Crippen molar-refractivity contribution >= 4 is 46.1 Å². The second kappa shape index (κ2) is 8.28. The monoisotopic (exact) mass is 403 g/mol. The lowest BCUT2D eigenvalue weighted by molar-refractivity contribution is -0.116. The van der Waals surface area contributed by atoms with E-state index >= 15 is 0 Å². The van der Waals surface area contributed by atoms with Crippen LogP contribution in [0.3, 0.4) is 0 Å². The number of halogens is 2. The molecule has 8 heteroatoms. The Labute approximate surface area is 164 Å². The highest BCUT2D eigenvalue weighted by atomic mass is 35.5. The molecule has 0 aliphatic rings. The van der Waals surface area contributed by atoms with Gasteiger partial charge in [-0.3, -0.25) is 9.59 Å². The highest BCUT2D eigenvalue weighted by Gasteiger charge is 2.11. The fourth-order valence-corrected chi connectivity index (χ4v) is 3.41. The van der Waals surface area contributed by atoms with E-state index in [2.05, 4.69) is 15.6 Å². The van der Waals surface area contributed by atoms with E-state index < -0.39 is 11.7 Å². The molecule has 27 heavy (non-hydrogen) atoms. The number of rotatable bonds is 5. The number of amides is 2. The second-order valence-electron chi connectivity index (χ2n) is 5.76. The summed E-state index contributed by atoms with van der Waals surface area (Å²) < 4.78 is 13.7. The van der Waals surface area contributed by atoms with Crippen LogP contribution in [-0.4, -0.2) is 16.8 Å². The number of anilines is 2. The fourth-order valence-electron chi connectivity index (χ4n) is 2.40. The van der Waals surface area contributed by atoms with E-state index in [1.54, 1.807) is 6.07 Å². The van der Waals surface area contributed by atoms with Gasteiger partial charge >= 0.3 is 0 Å². The first-order valence-corrected chi connectivity index (χ1v) is 9.24. The minimum absolute atomic E-state index is 0.0113. The minimum Gasteiger partial charge on any atom is -0.326 e. The molecule has 0 spiro atoms. The molecule has 0 atom stereocenters. The first-order valence-electron chi connectivity index (χ1n) is 7.98. The van der Waals surface area contributed by atoms with Crippen LogP contribution in [0.5, 0.6) is 0 Å². The van der Waals surface area contributed by atoms with Crippen molar-refractivity contribution in [3.8, 4) is 10.6 Å². The van der Waals surface area contributed by atoms with E-state index in [1.807, 2.05) is 23.6 Å². The van der Waals surface area contributed by atoms with Crippen molar-refractivity contribution in [3.63, 3.8) is 0 Å². The molecule has 2 amide bonds. The average Bonchev–Trinajstić information content (AvgIpc) is 3.06. The SMILES string of the molecule is CC(=O)Nc1cc(NC(=O)Cc2csc(-c3cccc(Cl)c3)n2)ccc1F. The van der Waals surface area contributed by atoms with Gasteiger partial charge in [-0.25, -0.2) is 9.37 Å². The van der Waals surface area contributed by atoms with Crippen LogP contribution in [0.1, 0.15) is 12.6 Å². The topological polar surface area (TPSA) is 71.1 Å². The average molecular weight is 404 g/mol. The molecule has 0 bridgehead atoms. The van der Waals surface area contributed by atoms with Crippen molar-refractivity contribution in [1.82, 2.24) is 4.98 Å². The highest BCUT2D eigenvalue weighted by molar-refractivity contribution is 7.13. The van der Waals surface area contributed by atoms with Crippen molar-refractivity contribution in [3.05, 3.63) is 64.4 Å². The van der Waals surface area contributed by atoms with Crippen LogP contribution in [0.15, 0.2) is 47.8 Å². The largest absolute Gasteiger partial charge is 0.326 e. The molecule has 1 aromatic heterocycles. The van der Waals surface area contributed by atoms with Gasteiger partial charge in [0, 0.05) is 28.6 Å².